The van der Waals surface area contributed by atoms with Crippen molar-refractivity contribution in [1.29, 1.82) is 0 Å². The van der Waals surface area contributed by atoms with Gasteiger partial charge in [0.2, 0.25) is 23.6 Å². The van der Waals surface area contributed by atoms with Crippen LogP contribution >= 0.6 is 0 Å². The molecule has 1 heterocycles. The van der Waals surface area contributed by atoms with E-state index in [4.69, 9.17) is 10.5 Å². The fraction of sp³-hybridized carbons (Fsp3) is 0.452. The fourth-order valence-electron chi connectivity index (χ4n) is 7.06. The first-order valence-corrected chi connectivity index (χ1v) is 18.6. The predicted octanol–water partition coefficient (Wildman–Crippen LogP) is 4.25. The number of hydrogen-bond donors (Lipinski definition) is 5. The zero-order valence-electron chi connectivity index (χ0n) is 32.5. The highest BCUT2D eigenvalue weighted by Gasteiger charge is 2.40. The van der Waals surface area contributed by atoms with Crippen LogP contribution in [0.25, 0.3) is 0 Å². The second kappa shape index (κ2) is 18.1. The molecule has 0 spiro atoms. The van der Waals surface area contributed by atoms with E-state index in [0.29, 0.717) is 19.3 Å². The van der Waals surface area contributed by atoms with Crippen LogP contribution in [0.4, 0.5) is 4.79 Å². The van der Waals surface area contributed by atoms with Gasteiger partial charge in [-0.3, -0.25) is 19.2 Å². The molecule has 5 amide bonds. The molecule has 4 rings (SSSR count). The molecule has 1 saturated heterocycles. The summed E-state index contributed by atoms with van der Waals surface area (Å²) in [6.07, 6.45) is 1.19. The number of amides is 5. The van der Waals surface area contributed by atoms with Gasteiger partial charge in [-0.25, -0.2) is 4.79 Å². The molecule has 0 unspecified atom stereocenters. The molecule has 3 aromatic rings. The van der Waals surface area contributed by atoms with Crippen molar-refractivity contribution in [2.75, 3.05) is 6.54 Å². The van der Waals surface area contributed by atoms with Crippen LogP contribution in [0, 0.1) is 20.8 Å². The van der Waals surface area contributed by atoms with Crippen LogP contribution in [0.5, 0.6) is 5.75 Å². The van der Waals surface area contributed by atoms with Crippen molar-refractivity contribution in [3.8, 4) is 5.75 Å². The second-order valence-corrected chi connectivity index (χ2v) is 15.1. The third kappa shape index (κ3) is 11.1. The number of nitrogens with one attached hydrogen (secondary N) is 3. The van der Waals surface area contributed by atoms with E-state index >= 15 is 0 Å². The third-order valence-corrected chi connectivity index (χ3v) is 9.79. The minimum Gasteiger partial charge on any atom is -0.508 e. The monoisotopic (exact) mass is 741 g/mol. The quantitative estimate of drug-likeness (QED) is 0.164. The number of phenols is 1. The van der Waals surface area contributed by atoms with Crippen molar-refractivity contribution in [3.05, 3.63) is 99.6 Å². The van der Waals surface area contributed by atoms with Crippen molar-refractivity contribution in [1.82, 2.24) is 20.9 Å². The number of ether oxygens (including phenoxy) is 1. The van der Waals surface area contributed by atoms with Crippen molar-refractivity contribution >= 4 is 29.7 Å². The van der Waals surface area contributed by atoms with Gasteiger partial charge in [-0.1, -0.05) is 55.5 Å². The van der Waals surface area contributed by atoms with E-state index in [0.717, 1.165) is 38.9 Å². The minimum absolute atomic E-state index is 0.0885. The average molecular weight is 742 g/mol. The molecule has 1 fully saturated rings. The molecule has 6 N–H and O–H groups in total. The van der Waals surface area contributed by atoms with Gasteiger partial charge >= 0.3 is 6.09 Å². The number of nitrogens with two attached hydrogens (primary N) is 1. The molecule has 0 saturated carbocycles. The standard InChI is InChI=1S/C42H55N5O7/c1-8-29-17-12-14-25(2)32(29)24-34(38(50)44-33(37(43)49)22-28-15-10-9-11-16-28)45-39(51)36-18-13-19-47(36)40(52)35(46-41(53)54-42(5,6)7)23-31-26(3)20-30(48)21-27(31)4/h9-12,14-17,20-21,33-36,48H,8,13,18-19,22-24H2,1-7H3,(H2,43,49)(H,44,50)(H,45,51)(H,46,53)/t33-,34-,35-,36-/m0/s1. The van der Waals surface area contributed by atoms with Gasteiger partial charge in [0.05, 0.1) is 0 Å². The summed E-state index contributed by atoms with van der Waals surface area (Å²) in [6.45, 7) is 13.0. The Morgan fingerprint density at radius 3 is 2.09 bits per heavy atom. The van der Waals surface area contributed by atoms with Crippen LogP contribution in [0.3, 0.4) is 0 Å². The van der Waals surface area contributed by atoms with Gasteiger partial charge in [-0.2, -0.15) is 0 Å². The van der Waals surface area contributed by atoms with E-state index in [1.54, 1.807) is 32.9 Å². The Morgan fingerprint density at radius 2 is 1.48 bits per heavy atom. The lowest BCUT2D eigenvalue weighted by Gasteiger charge is -2.31. The molecule has 290 valence electrons. The van der Waals surface area contributed by atoms with Gasteiger partial charge in [0.25, 0.3) is 0 Å². The molecule has 0 aliphatic carbocycles. The molecule has 0 aromatic heterocycles. The molecule has 54 heavy (non-hydrogen) atoms. The fourth-order valence-corrected chi connectivity index (χ4v) is 7.06. The number of phenolic OH excluding ortho intramolecular Hbond substituents is 1. The lowest BCUT2D eigenvalue weighted by Crippen LogP contribution is -2.58. The summed E-state index contributed by atoms with van der Waals surface area (Å²) in [5.74, 6) is -2.20. The lowest BCUT2D eigenvalue weighted by molar-refractivity contribution is -0.141. The number of aromatic hydroxyl groups is 1. The molecular formula is C42H55N5O7. The van der Waals surface area contributed by atoms with Crippen molar-refractivity contribution < 1.29 is 33.8 Å². The Morgan fingerprint density at radius 1 is 0.833 bits per heavy atom. The maximum atomic E-state index is 14.4. The largest absolute Gasteiger partial charge is 0.508 e. The first-order chi connectivity index (χ1) is 25.5. The minimum atomic E-state index is -1.10. The zero-order chi connectivity index (χ0) is 39.7. The zero-order valence-corrected chi connectivity index (χ0v) is 32.5. The van der Waals surface area contributed by atoms with Crippen molar-refractivity contribution in [3.63, 3.8) is 0 Å². The number of nitrogens with zero attached hydrogens (tertiary/aromatic N) is 1. The highest BCUT2D eigenvalue weighted by Crippen LogP contribution is 2.25. The number of likely N-dealkylation sites (tertiary alicyclic amines) is 1. The topological polar surface area (TPSA) is 180 Å². The Labute approximate surface area is 318 Å². The molecule has 12 nitrogen and oxygen atoms in total. The molecule has 0 bridgehead atoms. The van der Waals surface area contributed by atoms with Gasteiger partial charge in [-0.05, 0) is 112 Å². The van der Waals surface area contributed by atoms with Crippen molar-refractivity contribution in [2.45, 2.75) is 117 Å². The van der Waals surface area contributed by atoms with Crippen LogP contribution in [-0.2, 0) is 49.6 Å². The number of aryl methyl sites for hydroxylation is 4. The SMILES string of the molecule is CCc1cccc(C)c1C[C@H](NC(=O)[C@@H]1CCCN1C(=O)[C@H](Cc1c(C)cc(O)cc1C)NC(=O)OC(C)(C)C)C(=O)N[C@@H](Cc1ccccc1)C(N)=O. The molecule has 1 aliphatic rings. The van der Waals surface area contributed by atoms with Gasteiger partial charge in [0, 0.05) is 25.8 Å². The number of rotatable bonds is 14. The highest BCUT2D eigenvalue weighted by atomic mass is 16.6. The van der Waals surface area contributed by atoms with Crippen LogP contribution in [0.2, 0.25) is 0 Å². The van der Waals surface area contributed by atoms with Gasteiger partial charge in [-0.15, -0.1) is 0 Å². The Hall–Kier alpha value is -5.39. The third-order valence-electron chi connectivity index (χ3n) is 9.79. The van der Waals surface area contributed by atoms with E-state index in [2.05, 4.69) is 16.0 Å². The number of carbonyl (C=O) groups is 5. The van der Waals surface area contributed by atoms with E-state index < -0.39 is 59.5 Å². The summed E-state index contributed by atoms with van der Waals surface area (Å²) < 4.78 is 5.51. The number of primary amides is 1. The summed E-state index contributed by atoms with van der Waals surface area (Å²) in [5.41, 5.74) is 10.9. The van der Waals surface area contributed by atoms with Gasteiger partial charge < -0.3 is 36.4 Å². The molecule has 3 aromatic carbocycles. The summed E-state index contributed by atoms with van der Waals surface area (Å²) in [5, 5.41) is 18.6. The smallest absolute Gasteiger partial charge is 0.408 e. The maximum absolute atomic E-state index is 14.4. The number of hydrogen-bond acceptors (Lipinski definition) is 7. The second-order valence-electron chi connectivity index (χ2n) is 15.1. The van der Waals surface area contributed by atoms with Gasteiger partial charge in [0.15, 0.2) is 0 Å². The highest BCUT2D eigenvalue weighted by molar-refractivity contribution is 5.95. The van der Waals surface area contributed by atoms with Gasteiger partial charge in [0.1, 0.15) is 35.5 Å². The average Bonchev–Trinajstić information content (AvgIpc) is 3.59. The van der Waals surface area contributed by atoms with Crippen LogP contribution in [-0.4, -0.2) is 76.0 Å². The molecule has 12 heteroatoms. The van der Waals surface area contributed by atoms with E-state index in [1.165, 1.54) is 4.90 Å². The maximum Gasteiger partial charge on any atom is 0.408 e. The predicted molar refractivity (Wildman–Crippen MR) is 207 cm³/mol. The van der Waals surface area contributed by atoms with Crippen molar-refractivity contribution in [2.24, 2.45) is 5.73 Å². The summed E-state index contributed by atoms with van der Waals surface area (Å²) in [6, 6.07) is 14.1. The number of benzene rings is 3. The molecule has 0 radical (unpaired) electrons. The summed E-state index contributed by atoms with van der Waals surface area (Å²) in [7, 11) is 0. The lowest BCUT2D eigenvalue weighted by atomic mass is 9.93. The summed E-state index contributed by atoms with van der Waals surface area (Å²) in [4.78, 5) is 69.7. The van der Waals surface area contributed by atoms with E-state index in [9.17, 15) is 29.1 Å². The van der Waals surface area contributed by atoms with E-state index in [-0.39, 0.29) is 31.6 Å². The van der Waals surface area contributed by atoms with Crippen LogP contribution in [0.1, 0.15) is 79.5 Å². The first-order valence-electron chi connectivity index (χ1n) is 18.6. The first kappa shape index (κ1) is 41.4. The van der Waals surface area contributed by atoms with Crippen LogP contribution < -0.4 is 21.7 Å². The number of alkyl carbamates (subject to hydrolysis) is 1. The normalized spacial score (nSPS) is 15.8. The summed E-state index contributed by atoms with van der Waals surface area (Å²) >= 11 is 0. The molecule has 1 aliphatic heterocycles. The number of carbonyl (C=O) groups excluding carboxylic acids is 5. The Bertz CT molecular complexity index is 1820. The Balaban J connectivity index is 1.63. The Kier molecular flexibility index (Phi) is 13.9. The molecule has 4 atom stereocenters. The van der Waals surface area contributed by atoms with E-state index in [1.807, 2.05) is 76.2 Å². The van der Waals surface area contributed by atoms with Crippen LogP contribution in [0.15, 0.2) is 60.7 Å². The molecular weight excluding hydrogens is 686 g/mol.